The van der Waals surface area contributed by atoms with Gasteiger partial charge in [0.15, 0.2) is 0 Å². The van der Waals surface area contributed by atoms with Crippen molar-refractivity contribution in [2.75, 3.05) is 6.61 Å². The van der Waals surface area contributed by atoms with Gasteiger partial charge in [-0.3, -0.25) is 4.79 Å². The molecule has 0 spiro atoms. The second-order valence-electron chi connectivity index (χ2n) is 9.60. The number of aliphatic carboxylic acids is 1. The molecule has 3 rings (SSSR count). The van der Waals surface area contributed by atoms with Crippen LogP contribution in [0.4, 0.5) is 4.79 Å². The highest BCUT2D eigenvalue weighted by Gasteiger charge is 2.29. The van der Waals surface area contributed by atoms with Crippen molar-refractivity contribution in [2.24, 2.45) is 5.92 Å². The van der Waals surface area contributed by atoms with Crippen LogP contribution < -0.4 is 10.6 Å². The lowest BCUT2D eigenvalue weighted by Gasteiger charge is -2.21. The van der Waals surface area contributed by atoms with Gasteiger partial charge in [0.2, 0.25) is 5.91 Å². The van der Waals surface area contributed by atoms with Crippen LogP contribution in [-0.4, -0.2) is 41.8 Å². The van der Waals surface area contributed by atoms with E-state index in [9.17, 15) is 19.5 Å². The molecule has 1 aliphatic carbocycles. The first-order valence-electron chi connectivity index (χ1n) is 12.4. The number of rotatable bonds is 12. The zero-order chi connectivity index (χ0) is 25.4. The molecule has 2 amide bonds. The number of fused-ring (bicyclic) bond motifs is 3. The first kappa shape index (κ1) is 26.3. The lowest BCUT2D eigenvalue weighted by molar-refractivity contribution is -0.142. The third-order valence-corrected chi connectivity index (χ3v) is 6.34. The van der Waals surface area contributed by atoms with Gasteiger partial charge in [-0.2, -0.15) is 0 Å². The number of carboxylic acid groups (broad SMARTS) is 1. The van der Waals surface area contributed by atoms with Crippen LogP contribution in [0.1, 0.15) is 69.9 Å². The average Bonchev–Trinajstić information content (AvgIpc) is 3.14. The van der Waals surface area contributed by atoms with Gasteiger partial charge in [-0.25, -0.2) is 9.59 Å². The quantitative estimate of drug-likeness (QED) is 0.392. The third kappa shape index (κ3) is 7.07. The van der Waals surface area contributed by atoms with E-state index in [0.717, 1.165) is 35.1 Å². The minimum Gasteiger partial charge on any atom is -0.480 e. The fourth-order valence-electron chi connectivity index (χ4n) is 4.65. The summed E-state index contributed by atoms with van der Waals surface area (Å²) in [6.07, 6.45) is 2.13. The summed E-state index contributed by atoms with van der Waals surface area (Å²) < 4.78 is 5.63. The molecule has 0 bridgehead atoms. The fraction of sp³-hybridized carbons (Fsp3) is 0.464. The minimum absolute atomic E-state index is 0.00602. The topological polar surface area (TPSA) is 105 Å². The second-order valence-corrected chi connectivity index (χ2v) is 9.60. The first-order valence-corrected chi connectivity index (χ1v) is 12.4. The van der Waals surface area contributed by atoms with Crippen molar-refractivity contribution in [3.8, 4) is 11.1 Å². The lowest BCUT2D eigenvalue weighted by Crippen LogP contribution is -2.45. The third-order valence-electron chi connectivity index (χ3n) is 6.34. The number of nitrogens with one attached hydrogen (secondary N) is 2. The summed E-state index contributed by atoms with van der Waals surface area (Å²) in [5, 5.41) is 14.8. The number of carbonyl (C=O) groups is 3. The smallest absolute Gasteiger partial charge is 0.407 e. The zero-order valence-electron chi connectivity index (χ0n) is 20.8. The van der Waals surface area contributed by atoms with Crippen molar-refractivity contribution in [3.63, 3.8) is 0 Å². The molecule has 2 aromatic carbocycles. The van der Waals surface area contributed by atoms with Crippen molar-refractivity contribution < 1.29 is 24.2 Å². The maximum absolute atomic E-state index is 12.7. The molecule has 2 unspecified atom stereocenters. The van der Waals surface area contributed by atoms with E-state index in [1.807, 2.05) is 45.0 Å². The van der Waals surface area contributed by atoms with Gasteiger partial charge in [0, 0.05) is 18.4 Å². The Hall–Kier alpha value is -3.35. The molecule has 3 N–H and O–H groups in total. The maximum Gasteiger partial charge on any atom is 0.407 e. The van der Waals surface area contributed by atoms with E-state index >= 15 is 0 Å². The van der Waals surface area contributed by atoms with Crippen molar-refractivity contribution in [2.45, 2.75) is 70.9 Å². The van der Waals surface area contributed by atoms with Gasteiger partial charge in [-0.05, 0) is 41.0 Å². The molecule has 0 saturated heterocycles. The highest BCUT2D eigenvalue weighted by molar-refractivity contribution is 5.84. The number of benzene rings is 2. The Morgan fingerprint density at radius 1 is 0.971 bits per heavy atom. The average molecular weight is 481 g/mol. The number of unbranched alkanes of at least 4 members (excludes halogenated alkanes) is 1. The number of hydrogen-bond acceptors (Lipinski definition) is 4. The molecule has 0 radical (unpaired) electrons. The van der Waals surface area contributed by atoms with Crippen molar-refractivity contribution in [1.29, 1.82) is 0 Å². The van der Waals surface area contributed by atoms with Crippen LogP contribution in [0.15, 0.2) is 48.5 Å². The summed E-state index contributed by atoms with van der Waals surface area (Å²) >= 11 is 0. The number of ether oxygens (including phenoxy) is 1. The number of carboxylic acids is 1. The molecule has 0 heterocycles. The molecule has 7 heteroatoms. The molecular weight excluding hydrogens is 444 g/mol. The summed E-state index contributed by atoms with van der Waals surface area (Å²) in [6.45, 7) is 6.05. The Morgan fingerprint density at radius 3 is 2.11 bits per heavy atom. The number of hydrogen-bond donors (Lipinski definition) is 3. The summed E-state index contributed by atoms with van der Waals surface area (Å²) in [7, 11) is 0. The molecule has 188 valence electrons. The number of amides is 2. The summed E-state index contributed by atoms with van der Waals surface area (Å²) in [6, 6.07) is 14.9. The Labute approximate surface area is 207 Å². The summed E-state index contributed by atoms with van der Waals surface area (Å²) in [5.41, 5.74) is 4.58. The normalized spacial score (nSPS) is 14.1. The Balaban J connectivity index is 1.60. The summed E-state index contributed by atoms with van der Waals surface area (Å²) in [4.78, 5) is 36.8. The largest absolute Gasteiger partial charge is 0.480 e. The predicted octanol–water partition coefficient (Wildman–Crippen LogP) is 5.09. The predicted molar refractivity (Wildman–Crippen MR) is 135 cm³/mol. The van der Waals surface area contributed by atoms with Gasteiger partial charge in [0.25, 0.3) is 0 Å². The lowest BCUT2D eigenvalue weighted by atomic mass is 9.98. The van der Waals surface area contributed by atoms with E-state index in [2.05, 4.69) is 34.9 Å². The zero-order valence-corrected chi connectivity index (χ0v) is 20.8. The monoisotopic (exact) mass is 480 g/mol. The fourth-order valence-corrected chi connectivity index (χ4v) is 4.65. The van der Waals surface area contributed by atoms with Gasteiger partial charge in [0.05, 0.1) is 0 Å². The van der Waals surface area contributed by atoms with Crippen LogP contribution in [0.3, 0.4) is 0 Å². The minimum atomic E-state index is -1.05. The Kier molecular flexibility index (Phi) is 9.29. The van der Waals surface area contributed by atoms with E-state index in [1.165, 1.54) is 0 Å². The highest BCUT2D eigenvalue weighted by atomic mass is 16.5. The number of alkyl carbamates (subject to hydrolysis) is 1. The Bertz CT molecular complexity index is 990. The highest BCUT2D eigenvalue weighted by Crippen LogP contribution is 2.44. The molecule has 0 aliphatic heterocycles. The van der Waals surface area contributed by atoms with Gasteiger partial charge < -0.3 is 20.5 Å². The van der Waals surface area contributed by atoms with E-state index < -0.39 is 30.1 Å². The first-order chi connectivity index (χ1) is 16.8. The van der Waals surface area contributed by atoms with Gasteiger partial charge in [0.1, 0.15) is 12.6 Å². The standard InChI is InChI=1S/C28H36N2O5/c1-4-5-10-19(16-26(31)30-25(27(32)33)15-18(2)3)29-28(34)35-17-24-22-13-8-6-11-20(22)21-12-7-9-14-23(21)24/h6-9,11-14,18-19,24-25H,4-5,10,15-17H2,1-3H3,(H,29,34)(H,30,31)(H,32,33). The van der Waals surface area contributed by atoms with Crippen LogP contribution >= 0.6 is 0 Å². The maximum atomic E-state index is 12.7. The van der Waals surface area contributed by atoms with Crippen LogP contribution in [0.25, 0.3) is 11.1 Å². The van der Waals surface area contributed by atoms with E-state index in [4.69, 9.17) is 4.74 Å². The van der Waals surface area contributed by atoms with Crippen LogP contribution in [0.2, 0.25) is 0 Å². The molecule has 1 aliphatic rings. The van der Waals surface area contributed by atoms with E-state index in [0.29, 0.717) is 12.8 Å². The molecule has 0 saturated carbocycles. The molecule has 0 aromatic heterocycles. The van der Waals surface area contributed by atoms with Crippen LogP contribution in [0.5, 0.6) is 0 Å². The second kappa shape index (κ2) is 12.4. The van der Waals surface area contributed by atoms with Gasteiger partial charge >= 0.3 is 12.1 Å². The summed E-state index contributed by atoms with van der Waals surface area (Å²) in [5.74, 6) is -1.36. The van der Waals surface area contributed by atoms with Crippen LogP contribution in [-0.2, 0) is 14.3 Å². The van der Waals surface area contributed by atoms with Crippen molar-refractivity contribution in [3.05, 3.63) is 59.7 Å². The molecule has 0 fully saturated rings. The SMILES string of the molecule is CCCCC(CC(=O)NC(CC(C)C)C(=O)O)NC(=O)OCC1c2ccccc2-c2ccccc21. The molecule has 2 atom stereocenters. The molecule has 2 aromatic rings. The van der Waals surface area contributed by atoms with E-state index in [1.54, 1.807) is 0 Å². The Morgan fingerprint density at radius 2 is 1.57 bits per heavy atom. The molecule has 35 heavy (non-hydrogen) atoms. The van der Waals surface area contributed by atoms with Crippen LogP contribution in [0, 0.1) is 5.92 Å². The molecule has 7 nitrogen and oxygen atoms in total. The number of carbonyl (C=O) groups excluding carboxylic acids is 2. The van der Waals surface area contributed by atoms with Crippen molar-refractivity contribution in [1.82, 2.24) is 10.6 Å². The van der Waals surface area contributed by atoms with Gasteiger partial charge in [-0.15, -0.1) is 0 Å². The molecular formula is C28H36N2O5. The van der Waals surface area contributed by atoms with Crippen molar-refractivity contribution >= 4 is 18.0 Å². The van der Waals surface area contributed by atoms with Gasteiger partial charge in [-0.1, -0.05) is 82.1 Å². The van der Waals surface area contributed by atoms with E-state index in [-0.39, 0.29) is 24.9 Å².